The summed E-state index contributed by atoms with van der Waals surface area (Å²) < 4.78 is 27.3. The predicted molar refractivity (Wildman–Crippen MR) is 258 cm³/mol. The smallest absolute Gasteiger partial charge is 0.331 e. The maximum absolute atomic E-state index is 13.6. The largest absolute Gasteiger partial charge is 0.459 e. The number of hydrogen-bond acceptors (Lipinski definition) is 11. The molecule has 5 aliphatic carbocycles. The molecule has 0 bridgehead atoms. The van der Waals surface area contributed by atoms with Crippen molar-refractivity contribution in [3.8, 4) is 23.0 Å². The highest BCUT2D eigenvalue weighted by Crippen LogP contribution is 2.76. The van der Waals surface area contributed by atoms with Crippen molar-refractivity contribution < 1.29 is 52.5 Å². The van der Waals surface area contributed by atoms with E-state index in [2.05, 4.69) is 59.9 Å². The molecule has 1 N–H and O–H groups in total. The highest BCUT2D eigenvalue weighted by Gasteiger charge is 2.68. The van der Waals surface area contributed by atoms with E-state index < -0.39 is 29.8 Å². The summed E-state index contributed by atoms with van der Waals surface area (Å²) in [5.74, 6) is -1.21. The molecule has 12 heteroatoms. The minimum Gasteiger partial charge on any atom is -0.459 e. The molecule has 1 amide bonds. The van der Waals surface area contributed by atoms with Gasteiger partial charge in [-0.2, -0.15) is 0 Å². The van der Waals surface area contributed by atoms with Gasteiger partial charge in [-0.25, -0.2) is 4.79 Å². The number of nitrogens with one attached hydrogen (secondary N) is 1. The Bertz CT molecular complexity index is 2460. The summed E-state index contributed by atoms with van der Waals surface area (Å²) in [6, 6.07) is 9.59. The topological polar surface area (TPSA) is 161 Å². The molecule has 0 saturated heterocycles. The van der Waals surface area contributed by atoms with E-state index >= 15 is 0 Å². The van der Waals surface area contributed by atoms with Crippen molar-refractivity contribution in [3.05, 3.63) is 71.3 Å². The number of amides is 1. The normalized spacial score (nSPS) is 31.1. The molecule has 0 radical (unpaired) electrons. The van der Waals surface area contributed by atoms with Crippen molar-refractivity contribution in [2.45, 2.75) is 146 Å². The second kappa shape index (κ2) is 18.8. The molecule has 4 fully saturated rings. The van der Waals surface area contributed by atoms with E-state index in [0.29, 0.717) is 35.4 Å². The summed E-state index contributed by atoms with van der Waals surface area (Å²) >= 11 is 0. The van der Waals surface area contributed by atoms with Crippen LogP contribution in [-0.2, 0) is 33.5 Å². The molecule has 12 nitrogen and oxygen atoms in total. The van der Waals surface area contributed by atoms with E-state index in [0.717, 1.165) is 64.2 Å². The molecule has 0 aromatic heterocycles. The molecule has 2 aromatic carbocycles. The number of allylic oxidation sites excluding steroid dienone is 2. The number of benzene rings is 2. The van der Waals surface area contributed by atoms with E-state index in [1.807, 2.05) is 0 Å². The molecule has 5 aliphatic rings. The van der Waals surface area contributed by atoms with Gasteiger partial charge in [-0.3, -0.25) is 24.0 Å². The molecule has 7 rings (SSSR count). The van der Waals surface area contributed by atoms with Gasteiger partial charge in [0.05, 0.1) is 0 Å². The van der Waals surface area contributed by atoms with Gasteiger partial charge >= 0.3 is 29.8 Å². The quantitative estimate of drug-likeness (QED) is 0.0988. The molecule has 366 valence electrons. The lowest BCUT2D eigenvalue weighted by atomic mass is 9.33. The summed E-state index contributed by atoms with van der Waals surface area (Å²) in [6.07, 6.45) is 18.8. The molecule has 68 heavy (non-hydrogen) atoms. The van der Waals surface area contributed by atoms with Gasteiger partial charge in [0.25, 0.3) is 0 Å². The van der Waals surface area contributed by atoms with Crippen LogP contribution in [0.4, 0.5) is 0 Å². The summed E-state index contributed by atoms with van der Waals surface area (Å²) in [6.45, 7) is 22.7. The van der Waals surface area contributed by atoms with Crippen LogP contribution in [0.5, 0.6) is 23.0 Å². The van der Waals surface area contributed by atoms with Crippen molar-refractivity contribution in [3.63, 3.8) is 0 Å². The molecular weight excluding hydrogens is 863 g/mol. The average molecular weight is 934 g/mol. The maximum atomic E-state index is 13.6. The van der Waals surface area contributed by atoms with Crippen LogP contribution in [0.2, 0.25) is 0 Å². The first kappa shape index (κ1) is 50.4. The Balaban J connectivity index is 1.06. The van der Waals surface area contributed by atoms with Crippen LogP contribution in [0, 0.1) is 50.2 Å². The predicted octanol–water partition coefficient (Wildman–Crippen LogP) is 10.9. The minimum atomic E-state index is -0.560. The van der Waals surface area contributed by atoms with Crippen molar-refractivity contribution in [1.29, 1.82) is 0 Å². The lowest BCUT2D eigenvalue weighted by molar-refractivity contribution is -0.211. The number of fused-ring (bicyclic) bond motifs is 7. The van der Waals surface area contributed by atoms with Crippen LogP contribution in [0.3, 0.4) is 0 Å². The van der Waals surface area contributed by atoms with E-state index in [1.165, 1.54) is 45.9 Å². The Labute approximate surface area is 402 Å². The Morgan fingerprint density at radius 1 is 0.632 bits per heavy atom. The fraction of sp³-hybridized carbons (Fsp3) is 0.571. The molecule has 8 atom stereocenters. The second-order valence-corrected chi connectivity index (χ2v) is 22.5. The summed E-state index contributed by atoms with van der Waals surface area (Å²) in [4.78, 5) is 73.8. The first-order valence-corrected chi connectivity index (χ1v) is 24.4. The summed E-state index contributed by atoms with van der Waals surface area (Å²) in [5, 5.41) is 3.32. The first-order valence-electron chi connectivity index (χ1n) is 24.4. The SMILES string of the molecule is CC(=O)Oc1ccc(C=CC(=O)NCC23CCC(C)(C)CC2C2=CCC4C5(C)CCC(OC(=O)C=Cc6ccc(OC(C)=O)c(OC(C)=O)c6)C(C)(C)C5CCC4(C)C2(C)CC3)cc1OC(C)=O. The lowest BCUT2D eigenvalue weighted by Gasteiger charge is -2.71. The van der Waals surface area contributed by atoms with Gasteiger partial charge in [0.1, 0.15) is 6.10 Å². The third-order valence-electron chi connectivity index (χ3n) is 17.4. The van der Waals surface area contributed by atoms with Gasteiger partial charge in [-0.15, -0.1) is 0 Å². The van der Waals surface area contributed by atoms with Gasteiger partial charge < -0.3 is 29.0 Å². The Morgan fingerprint density at radius 3 is 1.75 bits per heavy atom. The highest BCUT2D eigenvalue weighted by molar-refractivity contribution is 5.92. The fourth-order valence-corrected chi connectivity index (χ4v) is 13.9. The number of esters is 5. The molecule has 4 saturated carbocycles. The zero-order valence-corrected chi connectivity index (χ0v) is 41.9. The number of carbonyl (C=O) groups excluding carboxylic acids is 6. The third kappa shape index (κ3) is 9.84. The molecule has 8 unspecified atom stereocenters. The van der Waals surface area contributed by atoms with E-state index in [-0.39, 0.29) is 67.5 Å². The number of rotatable bonds is 11. The van der Waals surface area contributed by atoms with E-state index in [1.54, 1.807) is 48.1 Å². The van der Waals surface area contributed by atoms with Crippen molar-refractivity contribution in [2.75, 3.05) is 6.54 Å². The van der Waals surface area contributed by atoms with Gasteiger partial charge in [0.2, 0.25) is 5.91 Å². The standard InChI is InChI=1S/C56H71NO11/c1-34(58)64-42-17-12-38(30-44(42)66-36(3)60)14-20-49(62)57-33-56-28-26-51(5,6)32-41(56)40-16-19-47-53(9)24-23-48(52(7,8)46(53)22-25-55(47,11)54(40,10)27-29-56)68-50(63)21-15-39-13-18-43(65-35(2)59)45(31-39)67-37(4)61/h12-18,20-21,30-31,41,46-48H,19,22-29,32-33H2,1-11H3,(H,57,62). The third-order valence-corrected chi connectivity index (χ3v) is 17.4. The lowest BCUT2D eigenvalue weighted by Crippen LogP contribution is -2.65. The van der Waals surface area contributed by atoms with E-state index in [4.69, 9.17) is 23.7 Å². The van der Waals surface area contributed by atoms with Crippen LogP contribution >= 0.6 is 0 Å². The molecule has 2 aromatic rings. The summed E-state index contributed by atoms with van der Waals surface area (Å²) in [7, 11) is 0. The van der Waals surface area contributed by atoms with Gasteiger partial charge in [0, 0.05) is 51.8 Å². The fourth-order valence-electron chi connectivity index (χ4n) is 13.9. The summed E-state index contributed by atoms with van der Waals surface area (Å²) in [5.41, 5.74) is 2.77. The van der Waals surface area contributed by atoms with Crippen molar-refractivity contribution in [2.24, 2.45) is 50.2 Å². The number of ether oxygens (including phenoxy) is 5. The molecule has 0 aliphatic heterocycles. The highest BCUT2D eigenvalue weighted by atomic mass is 16.6. The maximum Gasteiger partial charge on any atom is 0.331 e. The molecule has 0 spiro atoms. The molecule has 0 heterocycles. The van der Waals surface area contributed by atoms with Gasteiger partial charge in [-0.1, -0.05) is 72.2 Å². The monoisotopic (exact) mass is 934 g/mol. The van der Waals surface area contributed by atoms with Crippen LogP contribution in [0.25, 0.3) is 12.2 Å². The van der Waals surface area contributed by atoms with Gasteiger partial charge in [-0.05, 0) is 157 Å². The Morgan fingerprint density at radius 2 is 1.18 bits per heavy atom. The van der Waals surface area contributed by atoms with Gasteiger partial charge in [0.15, 0.2) is 23.0 Å². The zero-order chi connectivity index (χ0) is 49.6. The van der Waals surface area contributed by atoms with Crippen LogP contribution in [0.1, 0.15) is 151 Å². The molecular formula is C56H71NO11. The minimum absolute atomic E-state index is 0.00270. The number of hydrogen-bond donors (Lipinski definition) is 1. The second-order valence-electron chi connectivity index (χ2n) is 22.5. The van der Waals surface area contributed by atoms with Crippen LogP contribution in [-0.4, -0.2) is 48.4 Å². The first-order chi connectivity index (χ1) is 31.8. The Kier molecular flexibility index (Phi) is 13.9. The van der Waals surface area contributed by atoms with Crippen LogP contribution < -0.4 is 24.3 Å². The average Bonchev–Trinajstić information content (AvgIpc) is 3.23. The van der Waals surface area contributed by atoms with Crippen LogP contribution in [0.15, 0.2) is 60.2 Å². The van der Waals surface area contributed by atoms with E-state index in [9.17, 15) is 28.8 Å². The van der Waals surface area contributed by atoms with Crippen molar-refractivity contribution in [1.82, 2.24) is 5.32 Å². The van der Waals surface area contributed by atoms with Crippen molar-refractivity contribution >= 4 is 47.9 Å². The Hall–Kier alpha value is -5.52. The zero-order valence-electron chi connectivity index (χ0n) is 41.9. The number of carbonyl (C=O) groups is 6.